The summed E-state index contributed by atoms with van der Waals surface area (Å²) >= 11 is 0. The Morgan fingerprint density at radius 3 is 2.65 bits per heavy atom. The largest absolute Gasteiger partial charge is 0.482 e. The van der Waals surface area contributed by atoms with E-state index in [1.807, 2.05) is 35.2 Å². The van der Waals surface area contributed by atoms with Gasteiger partial charge >= 0.3 is 0 Å². The Morgan fingerprint density at radius 1 is 1.05 bits per heavy atom. The minimum Gasteiger partial charge on any atom is -0.482 e. The smallest absolute Gasteiger partial charge is 0.289 e. The van der Waals surface area contributed by atoms with E-state index in [2.05, 4.69) is 48.3 Å². The molecule has 6 heteroatoms. The third kappa shape index (κ3) is 6.95. The molecule has 2 aromatic rings. The second-order valence-electron chi connectivity index (χ2n) is 11.8. The topological polar surface area (TPSA) is 61.9 Å². The molecule has 0 spiro atoms. The Labute approximate surface area is 239 Å². The van der Waals surface area contributed by atoms with Crippen molar-refractivity contribution in [2.75, 3.05) is 19.6 Å². The molecular weight excluding hydrogens is 498 g/mol. The van der Waals surface area contributed by atoms with E-state index in [0.717, 1.165) is 49.8 Å². The summed E-state index contributed by atoms with van der Waals surface area (Å²) in [6, 6.07) is 16.7. The van der Waals surface area contributed by atoms with Crippen LogP contribution in [0.2, 0.25) is 0 Å². The van der Waals surface area contributed by atoms with Gasteiger partial charge in [-0.15, -0.1) is 0 Å². The summed E-state index contributed by atoms with van der Waals surface area (Å²) in [5.74, 6) is 0.297. The first-order valence-electron chi connectivity index (χ1n) is 15.4. The van der Waals surface area contributed by atoms with Crippen molar-refractivity contribution < 1.29 is 14.3 Å². The average molecular weight is 544 g/mol. The number of carbonyl (C=O) groups is 2. The number of ether oxygens (including phenoxy) is 1. The highest BCUT2D eigenvalue weighted by Gasteiger charge is 2.41. The fourth-order valence-corrected chi connectivity index (χ4v) is 6.65. The van der Waals surface area contributed by atoms with Crippen molar-refractivity contribution in [2.24, 2.45) is 0 Å². The normalized spacial score (nSPS) is 24.4. The van der Waals surface area contributed by atoms with E-state index >= 15 is 0 Å². The highest BCUT2D eigenvalue weighted by molar-refractivity contribution is 5.97. The summed E-state index contributed by atoms with van der Waals surface area (Å²) in [5, 5.41) is 3.08. The number of aryl methyl sites for hydroxylation is 1. The van der Waals surface area contributed by atoms with E-state index in [1.54, 1.807) is 0 Å². The van der Waals surface area contributed by atoms with Crippen molar-refractivity contribution in [2.45, 2.75) is 96.4 Å². The molecule has 6 nitrogen and oxygen atoms in total. The summed E-state index contributed by atoms with van der Waals surface area (Å²) in [6.45, 7) is 7.86. The lowest BCUT2D eigenvalue weighted by Gasteiger charge is -2.44. The maximum absolute atomic E-state index is 13.6. The standard InChI is InChI=1S/C34H45N3O3/c1-3-29-12-6-7-20-36(29)21-9-19-35-33(38)28-17-15-26(16-18-28)23-32-34(39)37(24-27-11-8-10-25(2)22-27)30-13-4-5-14-31(30)40-32/h8,10-11,15-18,22-23,29-31H,3-7,9,12-14,19-21,24H2,1-2H3,(H,35,38)/b32-23+. The fraction of sp³-hybridized carbons (Fsp3) is 0.529. The van der Waals surface area contributed by atoms with Gasteiger partial charge in [-0.1, -0.05) is 61.7 Å². The Kier molecular flexibility index (Phi) is 9.58. The highest BCUT2D eigenvalue weighted by Crippen LogP contribution is 2.34. The number of piperidine rings is 1. The van der Waals surface area contributed by atoms with Gasteiger partial charge in [-0.25, -0.2) is 0 Å². The number of benzene rings is 2. The van der Waals surface area contributed by atoms with Crippen LogP contribution in [-0.4, -0.2) is 59.4 Å². The molecular formula is C34H45N3O3. The quantitative estimate of drug-likeness (QED) is 0.307. The van der Waals surface area contributed by atoms with Gasteiger partial charge in [0, 0.05) is 31.2 Å². The van der Waals surface area contributed by atoms with Gasteiger partial charge < -0.3 is 19.9 Å². The SMILES string of the molecule is CCC1CCCCN1CCCNC(=O)c1ccc(/C=C2/OC3CCCCC3N(Cc3cccc(C)c3)C2=O)cc1. The van der Waals surface area contributed by atoms with E-state index in [1.165, 1.54) is 37.8 Å². The van der Waals surface area contributed by atoms with Crippen LogP contribution in [-0.2, 0) is 16.1 Å². The lowest BCUT2D eigenvalue weighted by molar-refractivity contribution is -0.149. The van der Waals surface area contributed by atoms with Gasteiger partial charge in [0.15, 0.2) is 5.76 Å². The highest BCUT2D eigenvalue weighted by atomic mass is 16.5. The number of morpholine rings is 1. The maximum Gasteiger partial charge on any atom is 0.289 e. The molecule has 1 N–H and O–H groups in total. The van der Waals surface area contributed by atoms with Crippen molar-refractivity contribution >= 4 is 17.9 Å². The molecule has 3 unspecified atom stereocenters. The van der Waals surface area contributed by atoms with E-state index in [0.29, 0.717) is 30.5 Å². The molecule has 1 saturated carbocycles. The van der Waals surface area contributed by atoms with Crippen LogP contribution in [0.5, 0.6) is 0 Å². The van der Waals surface area contributed by atoms with Crippen LogP contribution in [0.4, 0.5) is 0 Å². The minimum absolute atomic E-state index is 0.0325. The van der Waals surface area contributed by atoms with E-state index in [4.69, 9.17) is 4.74 Å². The monoisotopic (exact) mass is 543 g/mol. The van der Waals surface area contributed by atoms with Crippen molar-refractivity contribution in [1.29, 1.82) is 0 Å². The van der Waals surface area contributed by atoms with E-state index in [-0.39, 0.29) is 24.0 Å². The number of hydrogen-bond acceptors (Lipinski definition) is 4. The van der Waals surface area contributed by atoms with Crippen molar-refractivity contribution in [1.82, 2.24) is 15.1 Å². The Bertz CT molecular complexity index is 1190. The van der Waals surface area contributed by atoms with Gasteiger partial charge in [-0.3, -0.25) is 9.59 Å². The first-order chi connectivity index (χ1) is 19.5. The molecule has 2 aliphatic heterocycles. The average Bonchev–Trinajstić information content (AvgIpc) is 2.98. The number of carbonyl (C=O) groups excluding carboxylic acids is 2. The van der Waals surface area contributed by atoms with Crippen LogP contribution >= 0.6 is 0 Å². The first-order valence-corrected chi connectivity index (χ1v) is 15.4. The van der Waals surface area contributed by atoms with E-state index < -0.39 is 0 Å². The van der Waals surface area contributed by atoms with Crippen molar-refractivity contribution in [3.05, 3.63) is 76.5 Å². The second kappa shape index (κ2) is 13.5. The Morgan fingerprint density at radius 2 is 1.85 bits per heavy atom. The van der Waals surface area contributed by atoms with Crippen LogP contribution in [0.25, 0.3) is 6.08 Å². The number of fused-ring (bicyclic) bond motifs is 1. The van der Waals surface area contributed by atoms with Crippen molar-refractivity contribution in [3.63, 3.8) is 0 Å². The third-order valence-corrected chi connectivity index (χ3v) is 8.85. The molecule has 40 heavy (non-hydrogen) atoms. The molecule has 2 amide bonds. The molecule has 0 bridgehead atoms. The number of amides is 2. The van der Waals surface area contributed by atoms with Gasteiger partial charge in [0.05, 0.1) is 6.04 Å². The van der Waals surface area contributed by atoms with Crippen LogP contribution < -0.4 is 5.32 Å². The number of nitrogens with zero attached hydrogens (tertiary/aromatic N) is 2. The molecule has 5 rings (SSSR count). The zero-order chi connectivity index (χ0) is 27.9. The van der Waals surface area contributed by atoms with Crippen molar-refractivity contribution in [3.8, 4) is 0 Å². The molecule has 2 aromatic carbocycles. The second-order valence-corrected chi connectivity index (χ2v) is 11.8. The molecule has 1 aliphatic carbocycles. The first kappa shape index (κ1) is 28.4. The van der Waals surface area contributed by atoms with Crippen LogP contribution in [0.3, 0.4) is 0 Å². The Balaban J connectivity index is 1.19. The van der Waals surface area contributed by atoms with Gasteiger partial charge in [0.1, 0.15) is 6.10 Å². The number of rotatable bonds is 9. The fourth-order valence-electron chi connectivity index (χ4n) is 6.65. The van der Waals surface area contributed by atoms with Gasteiger partial charge in [-0.2, -0.15) is 0 Å². The maximum atomic E-state index is 13.6. The summed E-state index contributed by atoms with van der Waals surface area (Å²) in [5.41, 5.74) is 3.84. The zero-order valence-electron chi connectivity index (χ0n) is 24.2. The van der Waals surface area contributed by atoms with Gasteiger partial charge in [0.2, 0.25) is 0 Å². The molecule has 0 aromatic heterocycles. The molecule has 3 aliphatic rings. The van der Waals surface area contributed by atoms with Gasteiger partial charge in [-0.05, 0) is 87.7 Å². The van der Waals surface area contributed by atoms with Gasteiger partial charge in [0.25, 0.3) is 11.8 Å². The third-order valence-electron chi connectivity index (χ3n) is 8.85. The Hall–Kier alpha value is -3.12. The minimum atomic E-state index is -0.0516. The lowest BCUT2D eigenvalue weighted by atomic mass is 9.89. The predicted octanol–water partition coefficient (Wildman–Crippen LogP) is 6.09. The molecule has 0 radical (unpaired) electrons. The summed E-state index contributed by atoms with van der Waals surface area (Å²) in [4.78, 5) is 31.0. The number of hydrogen-bond donors (Lipinski definition) is 1. The van der Waals surface area contributed by atoms with Crippen LogP contribution in [0.1, 0.15) is 91.8 Å². The molecule has 3 atom stereocenters. The predicted molar refractivity (Wildman–Crippen MR) is 160 cm³/mol. The van der Waals surface area contributed by atoms with E-state index in [9.17, 15) is 9.59 Å². The molecule has 2 heterocycles. The number of likely N-dealkylation sites (tertiary alicyclic amines) is 1. The lowest BCUT2D eigenvalue weighted by Crippen LogP contribution is -2.54. The summed E-state index contributed by atoms with van der Waals surface area (Å²) in [6.07, 6.45) is 12.2. The summed E-state index contributed by atoms with van der Waals surface area (Å²) in [7, 11) is 0. The van der Waals surface area contributed by atoms with Crippen LogP contribution in [0.15, 0.2) is 54.3 Å². The molecule has 214 valence electrons. The molecule has 3 fully saturated rings. The van der Waals surface area contributed by atoms with Crippen LogP contribution in [0, 0.1) is 6.92 Å². The molecule has 2 saturated heterocycles. The zero-order valence-corrected chi connectivity index (χ0v) is 24.2. The summed E-state index contributed by atoms with van der Waals surface area (Å²) < 4.78 is 6.29. The number of nitrogens with one attached hydrogen (secondary N) is 1.